The third-order valence-corrected chi connectivity index (χ3v) is 6.47. The molecular weight excluding hydrogens is 340 g/mol. The van der Waals surface area contributed by atoms with Gasteiger partial charge in [0, 0.05) is 12.3 Å². The van der Waals surface area contributed by atoms with E-state index in [9.17, 15) is 15.0 Å². The molecular formula is C23H34O4. The second-order valence-corrected chi connectivity index (χ2v) is 8.32. The zero-order valence-corrected chi connectivity index (χ0v) is 16.4. The smallest absolute Gasteiger partial charge is 0.306 e. The maximum Gasteiger partial charge on any atom is 0.306 e. The number of hydrogen-bond donors (Lipinski definition) is 2. The summed E-state index contributed by atoms with van der Waals surface area (Å²) in [6, 6.07) is 0. The number of allylic oxidation sites excluding steroid dienone is 4. The topological polar surface area (TPSA) is 66.8 Å². The van der Waals surface area contributed by atoms with E-state index in [4.69, 9.17) is 4.74 Å². The number of rotatable bonds is 8. The highest BCUT2D eigenvalue weighted by atomic mass is 16.5. The minimum absolute atomic E-state index is 0.132. The molecule has 4 heteroatoms. The summed E-state index contributed by atoms with van der Waals surface area (Å²) in [6.45, 7) is 2.26. The van der Waals surface area contributed by atoms with Crippen LogP contribution in [0.25, 0.3) is 0 Å². The fourth-order valence-electron chi connectivity index (χ4n) is 5.04. The van der Waals surface area contributed by atoms with E-state index in [0.29, 0.717) is 37.2 Å². The van der Waals surface area contributed by atoms with Gasteiger partial charge < -0.3 is 14.9 Å². The lowest BCUT2D eigenvalue weighted by molar-refractivity contribution is -0.143. The Morgan fingerprint density at radius 3 is 2.89 bits per heavy atom. The number of hydrogen-bond acceptors (Lipinski definition) is 4. The Morgan fingerprint density at radius 2 is 2.15 bits per heavy atom. The molecule has 150 valence electrons. The molecule has 0 saturated heterocycles. The Hall–Kier alpha value is -1.39. The van der Waals surface area contributed by atoms with Crippen molar-refractivity contribution in [2.75, 3.05) is 6.61 Å². The number of aliphatic hydroxyl groups is 2. The molecule has 0 bridgehead atoms. The van der Waals surface area contributed by atoms with Crippen molar-refractivity contribution in [3.8, 4) is 0 Å². The van der Waals surface area contributed by atoms with E-state index in [1.807, 2.05) is 13.0 Å². The van der Waals surface area contributed by atoms with Gasteiger partial charge in [0.05, 0.1) is 18.8 Å². The Labute approximate surface area is 163 Å². The predicted molar refractivity (Wildman–Crippen MR) is 106 cm³/mol. The quantitative estimate of drug-likeness (QED) is 0.499. The van der Waals surface area contributed by atoms with E-state index in [1.165, 1.54) is 18.4 Å². The first kappa shape index (κ1) is 20.3. The molecule has 2 fully saturated rings. The van der Waals surface area contributed by atoms with Crippen molar-refractivity contribution in [2.24, 2.45) is 23.7 Å². The minimum atomic E-state index is -0.365. The van der Waals surface area contributed by atoms with Gasteiger partial charge in [0.2, 0.25) is 0 Å². The highest BCUT2D eigenvalue weighted by molar-refractivity contribution is 5.69. The van der Waals surface area contributed by atoms with Gasteiger partial charge in [-0.15, -0.1) is 0 Å². The summed E-state index contributed by atoms with van der Waals surface area (Å²) >= 11 is 0. The number of ether oxygens (including phenoxy) is 1. The van der Waals surface area contributed by atoms with Crippen molar-refractivity contribution in [3.05, 3.63) is 36.0 Å². The van der Waals surface area contributed by atoms with Gasteiger partial charge in [-0.2, -0.15) is 0 Å². The molecule has 0 aromatic heterocycles. The third kappa shape index (κ3) is 5.32. The SMILES string of the molecule is CCOC(=O)CCC=CC1=C[C@H]2C[C@@H](O)[C@@H](C=C[C@H](O)C3CCCC3)[C@H]2C1. The average molecular weight is 375 g/mol. The molecule has 0 aromatic rings. The molecule has 0 aliphatic heterocycles. The zero-order valence-electron chi connectivity index (χ0n) is 16.4. The summed E-state index contributed by atoms with van der Waals surface area (Å²) < 4.78 is 4.94. The van der Waals surface area contributed by atoms with Crippen LogP contribution in [0.15, 0.2) is 36.0 Å². The maximum atomic E-state index is 11.4. The van der Waals surface area contributed by atoms with Crippen LogP contribution in [-0.4, -0.2) is 35.0 Å². The average Bonchev–Trinajstić information content (AvgIpc) is 3.34. The predicted octanol–water partition coefficient (Wildman–Crippen LogP) is 3.94. The first-order chi connectivity index (χ1) is 13.1. The molecule has 0 amide bonds. The maximum absolute atomic E-state index is 11.4. The van der Waals surface area contributed by atoms with Gasteiger partial charge in [-0.25, -0.2) is 0 Å². The Morgan fingerprint density at radius 1 is 1.37 bits per heavy atom. The molecule has 3 aliphatic rings. The van der Waals surface area contributed by atoms with Gasteiger partial charge in [-0.3, -0.25) is 4.79 Å². The summed E-state index contributed by atoms with van der Waals surface area (Å²) in [5.41, 5.74) is 1.30. The van der Waals surface area contributed by atoms with Gasteiger partial charge in [-0.05, 0) is 56.8 Å². The van der Waals surface area contributed by atoms with Crippen molar-refractivity contribution >= 4 is 5.97 Å². The number of aliphatic hydroxyl groups excluding tert-OH is 2. The molecule has 0 aromatic carbocycles. The zero-order chi connectivity index (χ0) is 19.2. The van der Waals surface area contributed by atoms with Gasteiger partial charge >= 0.3 is 5.97 Å². The Bertz CT molecular complexity index is 585. The van der Waals surface area contributed by atoms with Crippen LogP contribution in [0.1, 0.15) is 58.3 Å². The second-order valence-electron chi connectivity index (χ2n) is 8.32. The van der Waals surface area contributed by atoms with Gasteiger partial charge in [0.25, 0.3) is 0 Å². The summed E-state index contributed by atoms with van der Waals surface area (Å²) in [6.07, 6.45) is 17.4. The molecule has 3 aliphatic carbocycles. The van der Waals surface area contributed by atoms with E-state index in [0.717, 1.165) is 25.7 Å². The fourth-order valence-corrected chi connectivity index (χ4v) is 5.04. The van der Waals surface area contributed by atoms with E-state index in [2.05, 4.69) is 24.3 Å². The largest absolute Gasteiger partial charge is 0.466 e. The van der Waals surface area contributed by atoms with Crippen molar-refractivity contribution in [2.45, 2.75) is 70.5 Å². The van der Waals surface area contributed by atoms with E-state index < -0.39 is 0 Å². The van der Waals surface area contributed by atoms with E-state index >= 15 is 0 Å². The van der Waals surface area contributed by atoms with Gasteiger partial charge in [-0.1, -0.05) is 48.8 Å². The van der Waals surface area contributed by atoms with Crippen molar-refractivity contribution in [1.29, 1.82) is 0 Å². The highest BCUT2D eigenvalue weighted by Crippen LogP contribution is 2.47. The van der Waals surface area contributed by atoms with Crippen molar-refractivity contribution in [3.63, 3.8) is 0 Å². The molecule has 0 spiro atoms. The monoisotopic (exact) mass is 374 g/mol. The summed E-state index contributed by atoms with van der Waals surface area (Å²) in [5.74, 6) is 1.23. The van der Waals surface area contributed by atoms with E-state index in [1.54, 1.807) is 0 Å². The normalized spacial score (nSPS) is 32.3. The molecule has 4 nitrogen and oxygen atoms in total. The summed E-state index contributed by atoms with van der Waals surface area (Å²) in [7, 11) is 0. The second kappa shape index (κ2) is 9.70. The van der Waals surface area contributed by atoms with Crippen LogP contribution in [0, 0.1) is 23.7 Å². The van der Waals surface area contributed by atoms with Crippen LogP contribution in [0.2, 0.25) is 0 Å². The molecule has 0 radical (unpaired) electrons. The highest BCUT2D eigenvalue weighted by Gasteiger charge is 2.43. The standard InChI is InChI=1S/C23H34O4/c1-2-27-23(26)10-6-3-7-16-13-18-15-22(25)19(20(18)14-16)11-12-21(24)17-8-4-5-9-17/h3,7,11-13,17-22,24-25H,2,4-6,8-10,14-15H2,1H3/t18-,19-,20-,21-,22+/m0/s1. The van der Waals surface area contributed by atoms with Crippen LogP contribution >= 0.6 is 0 Å². The Balaban J connectivity index is 1.49. The molecule has 2 saturated carbocycles. The van der Waals surface area contributed by atoms with E-state index in [-0.39, 0.29) is 24.1 Å². The molecule has 0 unspecified atom stereocenters. The van der Waals surface area contributed by atoms with Crippen molar-refractivity contribution in [1.82, 2.24) is 0 Å². The number of fused-ring (bicyclic) bond motifs is 1. The lowest BCUT2D eigenvalue weighted by Gasteiger charge is -2.19. The molecule has 0 heterocycles. The molecule has 2 N–H and O–H groups in total. The van der Waals surface area contributed by atoms with Gasteiger partial charge in [0.1, 0.15) is 0 Å². The van der Waals surface area contributed by atoms with Crippen LogP contribution in [0.5, 0.6) is 0 Å². The third-order valence-electron chi connectivity index (χ3n) is 6.47. The number of esters is 1. The van der Waals surface area contributed by atoms with Crippen LogP contribution < -0.4 is 0 Å². The lowest BCUT2D eigenvalue weighted by atomic mass is 9.88. The van der Waals surface area contributed by atoms with Crippen molar-refractivity contribution < 1.29 is 19.7 Å². The fraction of sp³-hybridized carbons (Fsp3) is 0.696. The first-order valence-corrected chi connectivity index (χ1v) is 10.7. The Kier molecular flexibility index (Phi) is 7.31. The van der Waals surface area contributed by atoms with Crippen LogP contribution in [0.3, 0.4) is 0 Å². The van der Waals surface area contributed by atoms with Crippen LogP contribution in [-0.2, 0) is 9.53 Å². The summed E-state index contributed by atoms with van der Waals surface area (Å²) in [4.78, 5) is 11.4. The molecule has 5 atom stereocenters. The molecule has 3 rings (SSSR count). The lowest BCUT2D eigenvalue weighted by Crippen LogP contribution is -2.19. The van der Waals surface area contributed by atoms with Gasteiger partial charge in [0.15, 0.2) is 0 Å². The number of carbonyl (C=O) groups excluding carboxylic acids is 1. The number of carbonyl (C=O) groups is 1. The first-order valence-electron chi connectivity index (χ1n) is 10.7. The minimum Gasteiger partial charge on any atom is -0.466 e. The summed E-state index contributed by atoms with van der Waals surface area (Å²) in [5, 5.41) is 20.8. The molecule has 27 heavy (non-hydrogen) atoms. The van der Waals surface area contributed by atoms with Crippen LogP contribution in [0.4, 0.5) is 0 Å².